The SMILES string of the molecule is CCOC1CC(CC(=O)NC2(C(=O)O)CCCC2)C1. The van der Waals surface area contributed by atoms with Crippen LogP contribution in [0.5, 0.6) is 0 Å². The van der Waals surface area contributed by atoms with Crippen molar-refractivity contribution in [2.45, 2.75) is 63.5 Å². The zero-order valence-corrected chi connectivity index (χ0v) is 11.5. The first kappa shape index (κ1) is 14.3. The molecular weight excluding hydrogens is 246 g/mol. The van der Waals surface area contributed by atoms with Crippen LogP contribution in [0.1, 0.15) is 51.9 Å². The summed E-state index contributed by atoms with van der Waals surface area (Å²) < 4.78 is 5.46. The Hall–Kier alpha value is -1.10. The number of hydrogen-bond donors (Lipinski definition) is 2. The summed E-state index contributed by atoms with van der Waals surface area (Å²) in [6, 6.07) is 0. The van der Waals surface area contributed by atoms with E-state index in [0.29, 0.717) is 37.9 Å². The lowest BCUT2D eigenvalue weighted by Crippen LogP contribution is -2.53. The number of hydrogen-bond acceptors (Lipinski definition) is 3. The van der Waals surface area contributed by atoms with Crippen LogP contribution >= 0.6 is 0 Å². The molecule has 0 aromatic carbocycles. The fourth-order valence-electron chi connectivity index (χ4n) is 3.16. The minimum absolute atomic E-state index is 0.121. The van der Waals surface area contributed by atoms with Gasteiger partial charge in [-0.1, -0.05) is 12.8 Å². The molecule has 0 aromatic heterocycles. The number of carbonyl (C=O) groups is 2. The number of carboxylic acid groups (broad SMARTS) is 1. The summed E-state index contributed by atoms with van der Waals surface area (Å²) in [6.45, 7) is 2.68. The molecule has 0 bridgehead atoms. The number of aliphatic carboxylic acids is 1. The summed E-state index contributed by atoms with van der Waals surface area (Å²) in [4.78, 5) is 23.3. The summed E-state index contributed by atoms with van der Waals surface area (Å²) in [6.07, 6.45) is 5.43. The Morgan fingerprint density at radius 1 is 1.32 bits per heavy atom. The molecule has 5 nitrogen and oxygen atoms in total. The molecule has 0 heterocycles. The van der Waals surface area contributed by atoms with Gasteiger partial charge in [0.25, 0.3) is 0 Å². The highest BCUT2D eigenvalue weighted by molar-refractivity contribution is 5.87. The van der Waals surface area contributed by atoms with E-state index in [9.17, 15) is 14.7 Å². The molecule has 2 saturated carbocycles. The van der Waals surface area contributed by atoms with Gasteiger partial charge in [-0.2, -0.15) is 0 Å². The van der Waals surface area contributed by atoms with E-state index in [0.717, 1.165) is 25.7 Å². The third-order valence-corrected chi connectivity index (χ3v) is 4.31. The second-order valence-corrected chi connectivity index (χ2v) is 5.76. The molecule has 0 aliphatic heterocycles. The van der Waals surface area contributed by atoms with Crippen LogP contribution in [0.3, 0.4) is 0 Å². The molecule has 0 radical (unpaired) electrons. The summed E-state index contributed by atoms with van der Waals surface area (Å²) in [5.74, 6) is -0.660. The van der Waals surface area contributed by atoms with Gasteiger partial charge >= 0.3 is 5.97 Å². The Balaban J connectivity index is 1.77. The maximum Gasteiger partial charge on any atom is 0.329 e. The number of ether oxygens (including phenoxy) is 1. The third-order valence-electron chi connectivity index (χ3n) is 4.31. The predicted octanol–water partition coefficient (Wildman–Crippen LogP) is 1.71. The first-order chi connectivity index (χ1) is 9.05. The van der Waals surface area contributed by atoms with E-state index in [1.807, 2.05) is 6.92 Å². The molecule has 19 heavy (non-hydrogen) atoms. The highest BCUT2D eigenvalue weighted by Crippen LogP contribution is 2.34. The largest absolute Gasteiger partial charge is 0.480 e. The lowest BCUT2D eigenvalue weighted by atomic mass is 9.79. The van der Waals surface area contributed by atoms with Crippen molar-refractivity contribution in [3.05, 3.63) is 0 Å². The van der Waals surface area contributed by atoms with Gasteiger partial charge in [-0.15, -0.1) is 0 Å². The number of nitrogens with one attached hydrogen (secondary N) is 1. The Kier molecular flexibility index (Phi) is 4.45. The maximum absolute atomic E-state index is 12.0. The molecule has 2 rings (SSSR count). The van der Waals surface area contributed by atoms with Crippen molar-refractivity contribution in [3.8, 4) is 0 Å². The molecule has 0 atom stereocenters. The Bertz CT molecular complexity index is 343. The van der Waals surface area contributed by atoms with Gasteiger partial charge in [-0.3, -0.25) is 4.79 Å². The van der Waals surface area contributed by atoms with Crippen LogP contribution in [0.25, 0.3) is 0 Å². The molecule has 2 aliphatic carbocycles. The Morgan fingerprint density at radius 3 is 2.47 bits per heavy atom. The standard InChI is InChI=1S/C14H23NO4/c1-2-19-11-7-10(8-11)9-12(16)15-14(13(17)18)5-3-4-6-14/h10-11H,2-9H2,1H3,(H,15,16)(H,17,18). The average Bonchev–Trinajstić information content (AvgIpc) is 2.76. The predicted molar refractivity (Wildman–Crippen MR) is 69.7 cm³/mol. The van der Waals surface area contributed by atoms with Crippen molar-refractivity contribution in [1.29, 1.82) is 0 Å². The van der Waals surface area contributed by atoms with Crippen molar-refractivity contribution in [1.82, 2.24) is 5.32 Å². The first-order valence-corrected chi connectivity index (χ1v) is 7.22. The van der Waals surface area contributed by atoms with Crippen LogP contribution < -0.4 is 5.32 Å². The van der Waals surface area contributed by atoms with E-state index in [1.165, 1.54) is 0 Å². The zero-order chi connectivity index (χ0) is 13.9. The highest BCUT2D eigenvalue weighted by atomic mass is 16.5. The molecule has 2 N–H and O–H groups in total. The number of carbonyl (C=O) groups excluding carboxylic acids is 1. The molecule has 1 amide bonds. The Morgan fingerprint density at radius 2 is 1.95 bits per heavy atom. The van der Waals surface area contributed by atoms with Crippen LogP contribution in [0.4, 0.5) is 0 Å². The second-order valence-electron chi connectivity index (χ2n) is 5.76. The fraction of sp³-hybridized carbons (Fsp3) is 0.857. The Labute approximate surface area is 113 Å². The fourth-order valence-corrected chi connectivity index (χ4v) is 3.16. The normalized spacial score (nSPS) is 28.7. The van der Waals surface area contributed by atoms with E-state index in [4.69, 9.17) is 4.74 Å². The van der Waals surface area contributed by atoms with Gasteiger partial charge in [-0.05, 0) is 38.5 Å². The molecule has 0 aromatic rings. The minimum Gasteiger partial charge on any atom is -0.480 e. The summed E-state index contributed by atoms with van der Waals surface area (Å²) >= 11 is 0. The topological polar surface area (TPSA) is 75.6 Å². The summed E-state index contributed by atoms with van der Waals surface area (Å²) in [5, 5.41) is 12.1. The number of rotatable bonds is 6. The first-order valence-electron chi connectivity index (χ1n) is 7.22. The molecule has 0 saturated heterocycles. The molecule has 0 spiro atoms. The number of amides is 1. The molecular formula is C14H23NO4. The quantitative estimate of drug-likeness (QED) is 0.769. The highest BCUT2D eigenvalue weighted by Gasteiger charge is 2.43. The van der Waals surface area contributed by atoms with Crippen molar-refractivity contribution in [2.75, 3.05) is 6.61 Å². The number of carboxylic acids is 1. The zero-order valence-electron chi connectivity index (χ0n) is 11.5. The van der Waals surface area contributed by atoms with Crippen molar-refractivity contribution >= 4 is 11.9 Å². The van der Waals surface area contributed by atoms with Gasteiger partial charge in [0.1, 0.15) is 5.54 Å². The monoisotopic (exact) mass is 269 g/mol. The van der Waals surface area contributed by atoms with Crippen LogP contribution in [0.2, 0.25) is 0 Å². The lowest BCUT2D eigenvalue weighted by Gasteiger charge is -2.35. The second kappa shape index (κ2) is 5.90. The van der Waals surface area contributed by atoms with Crippen LogP contribution in [0, 0.1) is 5.92 Å². The minimum atomic E-state index is -1.000. The van der Waals surface area contributed by atoms with Crippen molar-refractivity contribution in [3.63, 3.8) is 0 Å². The van der Waals surface area contributed by atoms with E-state index in [2.05, 4.69) is 5.32 Å². The maximum atomic E-state index is 12.0. The van der Waals surface area contributed by atoms with Gasteiger partial charge in [0.15, 0.2) is 0 Å². The van der Waals surface area contributed by atoms with Crippen LogP contribution in [-0.2, 0) is 14.3 Å². The van der Waals surface area contributed by atoms with Gasteiger partial charge in [0.05, 0.1) is 6.10 Å². The van der Waals surface area contributed by atoms with Gasteiger partial charge in [-0.25, -0.2) is 4.79 Å². The lowest BCUT2D eigenvalue weighted by molar-refractivity contribution is -0.148. The van der Waals surface area contributed by atoms with Crippen LogP contribution in [-0.4, -0.2) is 35.2 Å². The third kappa shape index (κ3) is 3.26. The van der Waals surface area contributed by atoms with Gasteiger partial charge in [0, 0.05) is 13.0 Å². The summed E-state index contributed by atoms with van der Waals surface area (Å²) in [7, 11) is 0. The summed E-state index contributed by atoms with van der Waals surface area (Å²) in [5.41, 5.74) is -1.000. The molecule has 2 aliphatic rings. The van der Waals surface area contributed by atoms with Crippen LogP contribution in [0.15, 0.2) is 0 Å². The molecule has 0 unspecified atom stereocenters. The molecule has 108 valence electrons. The van der Waals surface area contributed by atoms with Gasteiger partial charge < -0.3 is 15.2 Å². The average molecular weight is 269 g/mol. The van der Waals surface area contributed by atoms with E-state index >= 15 is 0 Å². The van der Waals surface area contributed by atoms with E-state index in [1.54, 1.807) is 0 Å². The van der Waals surface area contributed by atoms with Gasteiger partial charge in [0.2, 0.25) is 5.91 Å². The van der Waals surface area contributed by atoms with Crippen molar-refractivity contribution < 1.29 is 19.4 Å². The molecule has 2 fully saturated rings. The van der Waals surface area contributed by atoms with E-state index < -0.39 is 11.5 Å². The smallest absolute Gasteiger partial charge is 0.329 e. The van der Waals surface area contributed by atoms with E-state index in [-0.39, 0.29) is 5.91 Å². The molecule has 5 heteroatoms. The van der Waals surface area contributed by atoms with Crippen molar-refractivity contribution in [2.24, 2.45) is 5.92 Å².